The standard InChI is InChI=1S/C33H52N5O/c1-26(2)13-10-14-27(3)15-11-16-28(4)17-12-18-29(5)21-22-38-25-37(6)33-31(38)32(34-24-35-33)36-39-23-30-19-8-7-9-20-30/h7-9,19-21,24-28H,10-18,22-23H2,1-6H3,(H,34,35,36)/q+1/b29-21+. The summed E-state index contributed by atoms with van der Waals surface area (Å²) < 4.78 is 4.23. The van der Waals surface area contributed by atoms with Crippen molar-refractivity contribution in [2.24, 2.45) is 24.8 Å². The van der Waals surface area contributed by atoms with Gasteiger partial charge < -0.3 is 0 Å². The minimum atomic E-state index is 0.466. The maximum absolute atomic E-state index is 5.77. The Hall–Kier alpha value is -2.73. The van der Waals surface area contributed by atoms with Gasteiger partial charge in [0.25, 0.3) is 0 Å². The maximum atomic E-state index is 5.77. The summed E-state index contributed by atoms with van der Waals surface area (Å²) in [6, 6.07) is 10.1. The molecule has 1 N–H and O–H groups in total. The van der Waals surface area contributed by atoms with Gasteiger partial charge in [-0.25, -0.2) is 10.0 Å². The van der Waals surface area contributed by atoms with E-state index < -0.39 is 0 Å². The van der Waals surface area contributed by atoms with Crippen molar-refractivity contribution in [2.75, 3.05) is 5.48 Å². The first-order valence-corrected chi connectivity index (χ1v) is 15.1. The lowest BCUT2D eigenvalue weighted by atomic mass is 9.91. The van der Waals surface area contributed by atoms with E-state index in [-0.39, 0.29) is 0 Å². The smallest absolute Gasteiger partial charge is 0.270 e. The van der Waals surface area contributed by atoms with Gasteiger partial charge in [0.2, 0.25) is 5.52 Å². The number of anilines is 1. The summed E-state index contributed by atoms with van der Waals surface area (Å²) >= 11 is 0. The van der Waals surface area contributed by atoms with Crippen LogP contribution in [0.5, 0.6) is 0 Å². The highest BCUT2D eigenvalue weighted by atomic mass is 16.6. The summed E-state index contributed by atoms with van der Waals surface area (Å²) in [4.78, 5) is 14.7. The lowest BCUT2D eigenvalue weighted by Gasteiger charge is -2.15. The Balaban J connectivity index is 1.43. The van der Waals surface area contributed by atoms with E-state index in [2.05, 4.69) is 67.0 Å². The Morgan fingerprint density at radius 1 is 0.949 bits per heavy atom. The zero-order chi connectivity index (χ0) is 28.0. The Morgan fingerprint density at radius 2 is 1.62 bits per heavy atom. The summed E-state index contributed by atoms with van der Waals surface area (Å²) in [5.41, 5.74) is 7.43. The molecule has 6 nitrogen and oxygen atoms in total. The predicted molar refractivity (Wildman–Crippen MR) is 162 cm³/mol. The van der Waals surface area contributed by atoms with E-state index in [0.717, 1.165) is 47.4 Å². The third-order valence-electron chi connectivity index (χ3n) is 7.76. The highest BCUT2D eigenvalue weighted by molar-refractivity contribution is 5.80. The number of hydrogen-bond acceptors (Lipinski definition) is 4. The molecule has 3 rings (SSSR count). The van der Waals surface area contributed by atoms with Gasteiger partial charge in [0.15, 0.2) is 18.5 Å². The van der Waals surface area contributed by atoms with E-state index in [9.17, 15) is 0 Å². The van der Waals surface area contributed by atoms with Crippen LogP contribution in [0.2, 0.25) is 0 Å². The van der Waals surface area contributed by atoms with Crippen LogP contribution in [0.4, 0.5) is 5.82 Å². The topological polar surface area (TPSA) is 55.9 Å². The molecule has 0 saturated carbocycles. The number of imidazole rings is 1. The van der Waals surface area contributed by atoms with E-state index in [4.69, 9.17) is 4.84 Å². The second kappa shape index (κ2) is 16.4. The van der Waals surface area contributed by atoms with Crippen molar-refractivity contribution < 1.29 is 9.40 Å². The van der Waals surface area contributed by atoms with Crippen molar-refractivity contribution >= 4 is 17.0 Å². The van der Waals surface area contributed by atoms with Crippen molar-refractivity contribution in [2.45, 2.75) is 106 Å². The van der Waals surface area contributed by atoms with Gasteiger partial charge in [0.05, 0.1) is 20.2 Å². The van der Waals surface area contributed by atoms with Gasteiger partial charge in [-0.15, -0.1) is 0 Å². The summed E-state index contributed by atoms with van der Waals surface area (Å²) in [6.45, 7) is 13.0. The first kappa shape index (κ1) is 30.8. The largest absolute Gasteiger partial charge is 0.307 e. The summed E-state index contributed by atoms with van der Waals surface area (Å²) in [6.07, 6.45) is 18.0. The molecule has 2 heterocycles. The molecule has 0 radical (unpaired) electrons. The van der Waals surface area contributed by atoms with Crippen LogP contribution < -0.4 is 10.0 Å². The molecular weight excluding hydrogens is 482 g/mol. The number of aromatic nitrogens is 4. The predicted octanol–water partition coefficient (Wildman–Crippen LogP) is 8.18. The van der Waals surface area contributed by atoms with Crippen molar-refractivity contribution in [1.29, 1.82) is 0 Å². The summed E-state index contributed by atoms with van der Waals surface area (Å²) in [7, 11) is 2.02. The van der Waals surface area contributed by atoms with Crippen LogP contribution in [0.25, 0.3) is 11.2 Å². The Kier molecular flexibility index (Phi) is 12.9. The molecule has 6 heteroatoms. The van der Waals surface area contributed by atoms with Crippen LogP contribution >= 0.6 is 0 Å². The number of allylic oxidation sites excluding steroid dienone is 2. The van der Waals surface area contributed by atoms with Crippen molar-refractivity contribution in [3.05, 3.63) is 60.2 Å². The number of aryl methyl sites for hydroxylation is 1. The zero-order valence-corrected chi connectivity index (χ0v) is 25.3. The van der Waals surface area contributed by atoms with Crippen LogP contribution in [-0.2, 0) is 25.0 Å². The van der Waals surface area contributed by atoms with Crippen LogP contribution in [0.1, 0.15) is 98.0 Å². The van der Waals surface area contributed by atoms with Crippen molar-refractivity contribution in [3.63, 3.8) is 0 Å². The number of benzene rings is 1. The fraction of sp³-hybridized carbons (Fsp3) is 0.606. The molecule has 0 fully saturated rings. The Morgan fingerprint density at radius 3 is 2.31 bits per heavy atom. The first-order valence-electron chi connectivity index (χ1n) is 15.1. The number of rotatable bonds is 18. The van der Waals surface area contributed by atoms with E-state index in [1.54, 1.807) is 6.33 Å². The molecule has 0 aliphatic rings. The van der Waals surface area contributed by atoms with E-state index in [1.807, 2.05) is 41.9 Å². The second-order valence-electron chi connectivity index (χ2n) is 12.1. The molecule has 1 aromatic carbocycles. The molecular formula is C33H52N5O+. The van der Waals surface area contributed by atoms with Gasteiger partial charge in [0, 0.05) is 0 Å². The highest BCUT2D eigenvalue weighted by Gasteiger charge is 2.19. The normalized spacial score (nSPS) is 13.8. The monoisotopic (exact) mass is 534 g/mol. The van der Waals surface area contributed by atoms with Crippen LogP contribution in [0.15, 0.2) is 54.6 Å². The zero-order valence-electron chi connectivity index (χ0n) is 25.3. The summed E-state index contributed by atoms with van der Waals surface area (Å²) in [5, 5.41) is 0. The van der Waals surface area contributed by atoms with Gasteiger partial charge >= 0.3 is 5.65 Å². The van der Waals surface area contributed by atoms with Gasteiger partial charge in [-0.05, 0) is 43.1 Å². The van der Waals surface area contributed by atoms with Gasteiger partial charge in [-0.3, -0.25) is 9.40 Å². The minimum Gasteiger partial charge on any atom is -0.270 e. The molecule has 0 bridgehead atoms. The van der Waals surface area contributed by atoms with Crippen LogP contribution in [0, 0.1) is 17.8 Å². The molecule has 0 aliphatic carbocycles. The number of fused-ring (bicyclic) bond motifs is 1. The third kappa shape index (κ3) is 10.7. The molecule has 2 aromatic heterocycles. The molecule has 3 aromatic rings. The van der Waals surface area contributed by atoms with E-state index >= 15 is 0 Å². The van der Waals surface area contributed by atoms with Crippen molar-refractivity contribution in [3.8, 4) is 0 Å². The SMILES string of the molecule is C/C(=C\Cn1c[n+](C)c2ncnc(NOCc3ccccc3)c21)CCCC(C)CCCC(C)CCCC(C)C. The second-order valence-corrected chi connectivity index (χ2v) is 12.1. The Labute approximate surface area is 236 Å². The first-order chi connectivity index (χ1) is 18.8. The molecule has 0 amide bonds. The number of nitrogens with one attached hydrogen (secondary N) is 1. The molecule has 0 aliphatic heterocycles. The quantitative estimate of drug-likeness (QED) is 0.102. The molecule has 2 atom stereocenters. The van der Waals surface area contributed by atoms with Gasteiger partial charge in [-0.1, -0.05) is 120 Å². The number of hydrogen-bond donors (Lipinski definition) is 1. The maximum Gasteiger partial charge on any atom is 0.307 e. The average molecular weight is 535 g/mol. The molecule has 0 spiro atoms. The fourth-order valence-electron chi connectivity index (χ4n) is 5.25. The highest BCUT2D eigenvalue weighted by Crippen LogP contribution is 2.23. The molecule has 214 valence electrons. The molecule has 39 heavy (non-hydrogen) atoms. The lowest BCUT2D eigenvalue weighted by molar-refractivity contribution is -0.647. The molecule has 0 saturated heterocycles. The number of nitrogens with zero attached hydrogens (tertiary/aromatic N) is 4. The van der Waals surface area contributed by atoms with E-state index in [0.29, 0.717) is 12.4 Å². The Bertz CT molecular complexity index is 1140. The third-order valence-corrected chi connectivity index (χ3v) is 7.76. The van der Waals surface area contributed by atoms with Gasteiger partial charge in [0.1, 0.15) is 0 Å². The fourth-order valence-corrected chi connectivity index (χ4v) is 5.25. The van der Waals surface area contributed by atoms with Crippen molar-refractivity contribution in [1.82, 2.24) is 14.5 Å². The van der Waals surface area contributed by atoms with Crippen LogP contribution in [0.3, 0.4) is 0 Å². The summed E-state index contributed by atoms with van der Waals surface area (Å²) in [5.74, 6) is 3.22. The van der Waals surface area contributed by atoms with E-state index in [1.165, 1.54) is 56.9 Å². The minimum absolute atomic E-state index is 0.466. The van der Waals surface area contributed by atoms with Crippen LogP contribution in [-0.4, -0.2) is 14.5 Å². The lowest BCUT2D eigenvalue weighted by Crippen LogP contribution is -2.26. The molecule has 2 unspecified atom stereocenters. The average Bonchev–Trinajstić information content (AvgIpc) is 3.24. The van der Waals surface area contributed by atoms with Gasteiger partial charge in [-0.2, -0.15) is 4.98 Å².